The molecule has 0 aliphatic heterocycles. The van der Waals surface area contributed by atoms with E-state index in [4.69, 9.17) is 34.8 Å². The topological polar surface area (TPSA) is 17.8 Å². The average molecular weight is 452 g/mol. The zero-order chi connectivity index (χ0) is 15.1. The number of aromatic nitrogens is 2. The summed E-state index contributed by atoms with van der Waals surface area (Å²) in [7, 11) is 0. The number of rotatable bonds is 2. The van der Waals surface area contributed by atoms with Gasteiger partial charge in [0, 0.05) is 8.59 Å². The lowest BCUT2D eigenvalue weighted by Crippen LogP contribution is -2.04. The van der Waals surface area contributed by atoms with Gasteiger partial charge in [-0.15, -0.1) is 11.6 Å². The van der Waals surface area contributed by atoms with Crippen LogP contribution in [0, 0.1) is 3.57 Å². The number of alkyl halides is 1. The molecule has 0 amide bonds. The van der Waals surface area contributed by atoms with Crippen molar-refractivity contribution in [1.29, 1.82) is 0 Å². The van der Waals surface area contributed by atoms with Crippen LogP contribution in [0.2, 0.25) is 10.0 Å². The molecular weight excluding hydrogens is 441 g/mol. The smallest absolute Gasteiger partial charge is 0.132 e. The Morgan fingerprint density at radius 2 is 1.95 bits per heavy atom. The summed E-state index contributed by atoms with van der Waals surface area (Å²) in [6, 6.07) is 11.4. The molecule has 0 radical (unpaired) electrons. The van der Waals surface area contributed by atoms with Crippen LogP contribution in [-0.2, 0) is 0 Å². The van der Waals surface area contributed by atoms with Crippen LogP contribution in [0.3, 0.4) is 0 Å². The van der Waals surface area contributed by atoms with Crippen molar-refractivity contribution < 1.29 is 0 Å². The van der Waals surface area contributed by atoms with Gasteiger partial charge in [0.15, 0.2) is 0 Å². The quantitative estimate of drug-likeness (QED) is 0.333. The standard InChI is InChI=1S/C15H10Cl3IN2/c1-8(16)15-20-12-4-2-3-10(18)14(12)21(15)13-6-5-9(17)7-11(13)19/h2-8H,1H3. The van der Waals surface area contributed by atoms with E-state index in [0.717, 1.165) is 26.1 Å². The molecule has 0 fully saturated rings. The van der Waals surface area contributed by atoms with Gasteiger partial charge in [-0.2, -0.15) is 0 Å². The Balaban J connectivity index is 2.41. The molecule has 108 valence electrons. The maximum absolute atomic E-state index is 6.38. The number of para-hydroxylation sites is 1. The third-order valence-corrected chi connectivity index (χ3v) is 4.76. The molecule has 0 aliphatic rings. The van der Waals surface area contributed by atoms with Gasteiger partial charge in [-0.25, -0.2) is 4.98 Å². The van der Waals surface area contributed by atoms with Crippen molar-refractivity contribution in [3.8, 4) is 5.69 Å². The minimum atomic E-state index is -0.236. The molecule has 2 aromatic carbocycles. The van der Waals surface area contributed by atoms with E-state index in [1.54, 1.807) is 0 Å². The molecule has 1 unspecified atom stereocenters. The van der Waals surface area contributed by atoms with Crippen molar-refractivity contribution in [3.63, 3.8) is 0 Å². The largest absolute Gasteiger partial charge is 0.292 e. The van der Waals surface area contributed by atoms with E-state index < -0.39 is 0 Å². The third kappa shape index (κ3) is 2.77. The number of halogens is 4. The Kier molecular flexibility index (Phi) is 4.37. The fourth-order valence-corrected chi connectivity index (χ4v) is 3.79. The Labute approximate surface area is 151 Å². The molecule has 1 aromatic heterocycles. The second-order valence-electron chi connectivity index (χ2n) is 4.62. The lowest BCUT2D eigenvalue weighted by Gasteiger charge is -2.13. The van der Waals surface area contributed by atoms with E-state index in [2.05, 4.69) is 27.6 Å². The van der Waals surface area contributed by atoms with Crippen LogP contribution in [0.15, 0.2) is 36.4 Å². The zero-order valence-corrected chi connectivity index (χ0v) is 15.4. The number of fused-ring (bicyclic) bond motifs is 1. The predicted molar refractivity (Wildman–Crippen MR) is 98.1 cm³/mol. The minimum Gasteiger partial charge on any atom is -0.292 e. The van der Waals surface area contributed by atoms with Crippen molar-refractivity contribution in [2.75, 3.05) is 0 Å². The van der Waals surface area contributed by atoms with Crippen LogP contribution in [-0.4, -0.2) is 9.55 Å². The molecule has 6 heteroatoms. The predicted octanol–water partition coefficient (Wildman–Crippen LogP) is 6.24. The molecule has 0 aliphatic carbocycles. The number of hydrogen-bond acceptors (Lipinski definition) is 1. The van der Waals surface area contributed by atoms with Crippen LogP contribution < -0.4 is 0 Å². The lowest BCUT2D eigenvalue weighted by atomic mass is 10.2. The molecule has 0 saturated heterocycles. The Hall–Kier alpha value is -0.490. The summed E-state index contributed by atoms with van der Waals surface area (Å²) in [6.45, 7) is 1.90. The van der Waals surface area contributed by atoms with Crippen molar-refractivity contribution >= 4 is 68.4 Å². The first kappa shape index (κ1) is 15.4. The van der Waals surface area contributed by atoms with E-state index >= 15 is 0 Å². The monoisotopic (exact) mass is 450 g/mol. The first-order valence-electron chi connectivity index (χ1n) is 6.25. The third-order valence-electron chi connectivity index (χ3n) is 3.16. The number of benzene rings is 2. The minimum absolute atomic E-state index is 0.236. The van der Waals surface area contributed by atoms with Crippen molar-refractivity contribution in [3.05, 3.63) is 55.8 Å². The SMILES string of the molecule is CC(Cl)c1nc2cccc(Cl)c2n1-c1ccc(Cl)cc1I. The van der Waals surface area contributed by atoms with Gasteiger partial charge in [0.25, 0.3) is 0 Å². The Bertz CT molecular complexity index is 827. The number of hydrogen-bond donors (Lipinski definition) is 0. The van der Waals surface area contributed by atoms with Crippen LogP contribution in [0.4, 0.5) is 0 Å². The highest BCUT2D eigenvalue weighted by molar-refractivity contribution is 14.1. The summed E-state index contributed by atoms with van der Waals surface area (Å²) in [5.41, 5.74) is 2.66. The molecule has 21 heavy (non-hydrogen) atoms. The normalized spacial score (nSPS) is 12.8. The van der Waals surface area contributed by atoms with Gasteiger partial charge in [-0.3, -0.25) is 4.57 Å². The highest BCUT2D eigenvalue weighted by atomic mass is 127. The maximum atomic E-state index is 6.38. The summed E-state index contributed by atoms with van der Waals surface area (Å²) in [4.78, 5) is 4.62. The molecule has 3 rings (SSSR count). The van der Waals surface area contributed by atoms with Gasteiger partial charge in [0.2, 0.25) is 0 Å². The van der Waals surface area contributed by atoms with Crippen LogP contribution in [0.25, 0.3) is 16.7 Å². The van der Waals surface area contributed by atoms with E-state index in [1.165, 1.54) is 0 Å². The van der Waals surface area contributed by atoms with Crippen LogP contribution in [0.1, 0.15) is 18.1 Å². The van der Waals surface area contributed by atoms with E-state index in [1.807, 2.05) is 47.9 Å². The van der Waals surface area contributed by atoms with Crippen LogP contribution >= 0.6 is 57.4 Å². The lowest BCUT2D eigenvalue weighted by molar-refractivity contribution is 0.880. The Morgan fingerprint density at radius 3 is 2.62 bits per heavy atom. The van der Waals surface area contributed by atoms with Crippen molar-refractivity contribution in [1.82, 2.24) is 9.55 Å². The van der Waals surface area contributed by atoms with E-state index in [0.29, 0.717) is 10.0 Å². The fourth-order valence-electron chi connectivity index (χ4n) is 2.28. The summed E-state index contributed by atoms with van der Waals surface area (Å²) < 4.78 is 3.02. The highest BCUT2D eigenvalue weighted by Gasteiger charge is 2.19. The molecule has 3 aromatic rings. The fraction of sp³-hybridized carbons (Fsp3) is 0.133. The molecule has 0 N–H and O–H groups in total. The van der Waals surface area contributed by atoms with Crippen molar-refractivity contribution in [2.24, 2.45) is 0 Å². The van der Waals surface area contributed by atoms with Gasteiger partial charge in [0.05, 0.1) is 27.1 Å². The molecule has 0 bridgehead atoms. The van der Waals surface area contributed by atoms with Crippen molar-refractivity contribution in [2.45, 2.75) is 12.3 Å². The number of imidazole rings is 1. The van der Waals surface area contributed by atoms with Gasteiger partial charge in [0.1, 0.15) is 5.82 Å². The first-order valence-corrected chi connectivity index (χ1v) is 8.52. The van der Waals surface area contributed by atoms with Gasteiger partial charge >= 0.3 is 0 Å². The average Bonchev–Trinajstić information content (AvgIpc) is 2.80. The molecular formula is C15H10Cl3IN2. The zero-order valence-electron chi connectivity index (χ0n) is 10.9. The molecule has 1 heterocycles. The van der Waals surface area contributed by atoms with Gasteiger partial charge in [-0.1, -0.05) is 29.3 Å². The molecule has 0 saturated carbocycles. The van der Waals surface area contributed by atoms with Gasteiger partial charge < -0.3 is 0 Å². The Morgan fingerprint density at radius 1 is 1.19 bits per heavy atom. The maximum Gasteiger partial charge on any atom is 0.132 e. The van der Waals surface area contributed by atoms with E-state index in [9.17, 15) is 0 Å². The first-order chi connectivity index (χ1) is 9.99. The summed E-state index contributed by atoms with van der Waals surface area (Å²) in [5, 5.41) is 1.11. The summed E-state index contributed by atoms with van der Waals surface area (Å²) in [6.07, 6.45) is 0. The summed E-state index contributed by atoms with van der Waals surface area (Å²) in [5.74, 6) is 0.764. The molecule has 2 nitrogen and oxygen atoms in total. The van der Waals surface area contributed by atoms with Crippen LogP contribution in [0.5, 0.6) is 0 Å². The highest BCUT2D eigenvalue weighted by Crippen LogP contribution is 2.34. The molecule has 1 atom stereocenters. The van der Waals surface area contributed by atoms with Gasteiger partial charge in [-0.05, 0) is 59.8 Å². The molecule has 0 spiro atoms. The second-order valence-corrected chi connectivity index (χ2v) is 7.29. The number of nitrogens with zero attached hydrogens (tertiary/aromatic N) is 2. The summed E-state index contributed by atoms with van der Waals surface area (Å²) >= 11 is 21.0. The second kappa shape index (κ2) is 5.95. The van der Waals surface area contributed by atoms with E-state index in [-0.39, 0.29) is 5.38 Å².